The van der Waals surface area contributed by atoms with Gasteiger partial charge in [0.1, 0.15) is 12.1 Å². The van der Waals surface area contributed by atoms with Gasteiger partial charge in [-0.15, -0.1) is 0 Å². The highest BCUT2D eigenvalue weighted by Gasteiger charge is 2.52. The number of rotatable bonds is 4. The average molecular weight is 308 g/mol. The molecule has 1 spiro atoms. The maximum Gasteiger partial charge on any atom is 0.325 e. The second-order valence-corrected chi connectivity index (χ2v) is 6.85. The molecule has 4 amide bonds. The highest BCUT2D eigenvalue weighted by molar-refractivity contribution is 6.09. The van der Waals surface area contributed by atoms with Gasteiger partial charge in [-0.2, -0.15) is 0 Å². The Labute approximate surface area is 130 Å². The number of imide groups is 1. The molecule has 122 valence electrons. The van der Waals surface area contributed by atoms with E-state index < -0.39 is 11.6 Å². The standard InChI is InChI=1S/C15H24N4O3/c16-10-14(5-1-2-6-14)17-11(20)9-19-12(21)15(18-13(19)22)7-3-4-8-15/h1-10,16H2,(H,17,20)(H,18,22). The lowest BCUT2D eigenvalue weighted by Gasteiger charge is -2.29. The predicted octanol–water partition coefficient (Wildman–Crippen LogP) is 0.239. The molecule has 0 aromatic rings. The maximum atomic E-state index is 12.5. The maximum absolute atomic E-state index is 12.5. The molecule has 1 aliphatic heterocycles. The van der Waals surface area contributed by atoms with Crippen molar-refractivity contribution in [2.75, 3.05) is 13.1 Å². The summed E-state index contributed by atoms with van der Waals surface area (Å²) >= 11 is 0. The van der Waals surface area contributed by atoms with Crippen LogP contribution in [0.3, 0.4) is 0 Å². The molecule has 1 saturated heterocycles. The van der Waals surface area contributed by atoms with Crippen LogP contribution in [0.1, 0.15) is 51.4 Å². The highest BCUT2D eigenvalue weighted by Crippen LogP contribution is 2.35. The number of urea groups is 1. The van der Waals surface area contributed by atoms with Crippen molar-refractivity contribution in [2.24, 2.45) is 5.73 Å². The Morgan fingerprint density at radius 2 is 1.73 bits per heavy atom. The molecule has 3 aliphatic rings. The molecule has 0 aromatic heterocycles. The fourth-order valence-electron chi connectivity index (χ4n) is 4.05. The van der Waals surface area contributed by atoms with Gasteiger partial charge in [-0.1, -0.05) is 25.7 Å². The Hall–Kier alpha value is -1.63. The number of amides is 4. The molecule has 0 unspecified atom stereocenters. The van der Waals surface area contributed by atoms with E-state index in [9.17, 15) is 14.4 Å². The fraction of sp³-hybridized carbons (Fsp3) is 0.800. The minimum Gasteiger partial charge on any atom is -0.348 e. The molecule has 2 aliphatic carbocycles. The Morgan fingerprint density at radius 1 is 1.14 bits per heavy atom. The van der Waals surface area contributed by atoms with Gasteiger partial charge in [-0.25, -0.2) is 4.79 Å². The summed E-state index contributed by atoms with van der Waals surface area (Å²) in [5.74, 6) is -0.552. The molecule has 0 aromatic carbocycles. The van der Waals surface area contributed by atoms with Crippen LogP contribution >= 0.6 is 0 Å². The monoisotopic (exact) mass is 308 g/mol. The quantitative estimate of drug-likeness (QED) is 0.647. The van der Waals surface area contributed by atoms with Crippen molar-refractivity contribution in [3.05, 3.63) is 0 Å². The van der Waals surface area contributed by atoms with E-state index in [2.05, 4.69) is 10.6 Å². The summed E-state index contributed by atoms with van der Waals surface area (Å²) < 4.78 is 0. The summed E-state index contributed by atoms with van der Waals surface area (Å²) in [6.07, 6.45) is 7.02. The highest BCUT2D eigenvalue weighted by atomic mass is 16.2. The zero-order valence-corrected chi connectivity index (χ0v) is 12.8. The van der Waals surface area contributed by atoms with Crippen LogP contribution < -0.4 is 16.4 Å². The molecule has 7 heteroatoms. The summed E-state index contributed by atoms with van der Waals surface area (Å²) in [5.41, 5.74) is 4.69. The molecule has 3 rings (SSSR count). The van der Waals surface area contributed by atoms with Crippen molar-refractivity contribution in [2.45, 2.75) is 62.4 Å². The molecule has 0 bridgehead atoms. The number of nitrogens with one attached hydrogen (secondary N) is 2. The lowest BCUT2D eigenvalue weighted by atomic mass is 9.97. The minimum absolute atomic E-state index is 0.214. The molecule has 0 radical (unpaired) electrons. The molecule has 22 heavy (non-hydrogen) atoms. The first-order valence-electron chi connectivity index (χ1n) is 8.16. The number of hydrogen-bond acceptors (Lipinski definition) is 4. The zero-order chi connectivity index (χ0) is 15.8. The van der Waals surface area contributed by atoms with Crippen LogP contribution in [0.4, 0.5) is 4.79 Å². The zero-order valence-electron chi connectivity index (χ0n) is 12.8. The Kier molecular flexibility index (Phi) is 3.84. The Morgan fingerprint density at radius 3 is 2.32 bits per heavy atom. The van der Waals surface area contributed by atoms with E-state index in [1.54, 1.807) is 0 Å². The van der Waals surface area contributed by atoms with Gasteiger partial charge in [0.05, 0.1) is 5.54 Å². The molecule has 4 N–H and O–H groups in total. The third-order valence-corrected chi connectivity index (χ3v) is 5.36. The summed E-state index contributed by atoms with van der Waals surface area (Å²) in [5, 5.41) is 5.74. The first-order valence-corrected chi connectivity index (χ1v) is 8.16. The molecule has 3 fully saturated rings. The van der Waals surface area contributed by atoms with E-state index in [1.165, 1.54) is 0 Å². The number of nitrogens with zero attached hydrogens (tertiary/aromatic N) is 1. The van der Waals surface area contributed by atoms with Crippen LogP contribution in [-0.2, 0) is 9.59 Å². The van der Waals surface area contributed by atoms with E-state index in [-0.39, 0.29) is 23.9 Å². The second-order valence-electron chi connectivity index (χ2n) is 6.85. The predicted molar refractivity (Wildman–Crippen MR) is 79.8 cm³/mol. The Balaban J connectivity index is 1.64. The van der Waals surface area contributed by atoms with Gasteiger partial charge >= 0.3 is 6.03 Å². The first-order chi connectivity index (χ1) is 10.5. The van der Waals surface area contributed by atoms with E-state index in [0.717, 1.165) is 43.4 Å². The summed E-state index contributed by atoms with van der Waals surface area (Å²) in [6, 6.07) is -0.449. The normalized spacial score (nSPS) is 25.8. The van der Waals surface area contributed by atoms with Gasteiger partial charge in [-0.05, 0) is 25.7 Å². The number of carbonyl (C=O) groups is 3. The van der Waals surface area contributed by atoms with Gasteiger partial charge in [0, 0.05) is 6.54 Å². The van der Waals surface area contributed by atoms with Crippen molar-refractivity contribution in [3.63, 3.8) is 0 Å². The number of carbonyl (C=O) groups excluding carboxylic acids is 3. The van der Waals surface area contributed by atoms with Crippen molar-refractivity contribution in [1.82, 2.24) is 15.5 Å². The van der Waals surface area contributed by atoms with E-state index in [0.29, 0.717) is 19.4 Å². The largest absolute Gasteiger partial charge is 0.348 e. The van der Waals surface area contributed by atoms with E-state index in [1.807, 2.05) is 0 Å². The first kappa shape index (κ1) is 15.3. The minimum atomic E-state index is -0.754. The van der Waals surface area contributed by atoms with Crippen molar-refractivity contribution >= 4 is 17.8 Å². The number of nitrogens with two attached hydrogens (primary N) is 1. The Bertz CT molecular complexity index is 493. The molecular formula is C15H24N4O3. The van der Waals surface area contributed by atoms with Crippen LogP contribution in [-0.4, -0.2) is 46.9 Å². The van der Waals surface area contributed by atoms with Crippen molar-refractivity contribution in [3.8, 4) is 0 Å². The number of hydrogen-bond donors (Lipinski definition) is 3. The van der Waals surface area contributed by atoms with Crippen LogP contribution in [0.2, 0.25) is 0 Å². The SMILES string of the molecule is NCC1(NC(=O)CN2C(=O)NC3(CCCC3)C2=O)CCCC1. The van der Waals surface area contributed by atoms with E-state index >= 15 is 0 Å². The summed E-state index contributed by atoms with van der Waals surface area (Å²) in [7, 11) is 0. The lowest BCUT2D eigenvalue weighted by Crippen LogP contribution is -2.54. The van der Waals surface area contributed by atoms with Crippen LogP contribution in [0.15, 0.2) is 0 Å². The average Bonchev–Trinajstić information content (AvgIpc) is 3.18. The van der Waals surface area contributed by atoms with Crippen molar-refractivity contribution in [1.29, 1.82) is 0 Å². The molecule has 2 saturated carbocycles. The summed E-state index contributed by atoms with van der Waals surface area (Å²) in [6.45, 7) is 0.178. The van der Waals surface area contributed by atoms with Gasteiger partial charge in [-0.3, -0.25) is 14.5 Å². The van der Waals surface area contributed by atoms with Gasteiger partial charge < -0.3 is 16.4 Å². The molecule has 1 heterocycles. The van der Waals surface area contributed by atoms with E-state index in [4.69, 9.17) is 5.73 Å². The molecule has 7 nitrogen and oxygen atoms in total. The molecular weight excluding hydrogens is 284 g/mol. The summed E-state index contributed by atoms with van der Waals surface area (Å²) in [4.78, 5) is 37.9. The smallest absolute Gasteiger partial charge is 0.325 e. The van der Waals surface area contributed by atoms with Crippen molar-refractivity contribution < 1.29 is 14.4 Å². The van der Waals surface area contributed by atoms with Gasteiger partial charge in [0.15, 0.2) is 0 Å². The fourth-order valence-corrected chi connectivity index (χ4v) is 4.05. The topological polar surface area (TPSA) is 105 Å². The third-order valence-electron chi connectivity index (χ3n) is 5.36. The lowest BCUT2D eigenvalue weighted by molar-refractivity contribution is -0.135. The van der Waals surface area contributed by atoms with Gasteiger partial charge in [0.25, 0.3) is 5.91 Å². The van der Waals surface area contributed by atoms with Crippen LogP contribution in [0.25, 0.3) is 0 Å². The molecule has 0 atom stereocenters. The van der Waals surface area contributed by atoms with Crippen LogP contribution in [0.5, 0.6) is 0 Å². The van der Waals surface area contributed by atoms with Crippen LogP contribution in [0, 0.1) is 0 Å². The second kappa shape index (κ2) is 5.53. The van der Waals surface area contributed by atoms with Gasteiger partial charge in [0.2, 0.25) is 5.91 Å². The third kappa shape index (κ3) is 2.47.